The second-order valence-corrected chi connectivity index (χ2v) is 5.96. The van der Waals surface area contributed by atoms with Crippen molar-refractivity contribution >= 4 is 35.2 Å². The Morgan fingerprint density at radius 3 is 2.42 bits per heavy atom. The average molecular weight is 375 g/mol. The highest BCUT2D eigenvalue weighted by Crippen LogP contribution is 2.17. The number of nitrogens with one attached hydrogen (secondary N) is 3. The number of hydrogen-bond donors (Lipinski definition) is 3. The Labute approximate surface area is 153 Å². The van der Waals surface area contributed by atoms with Crippen molar-refractivity contribution in [1.82, 2.24) is 16.0 Å². The highest BCUT2D eigenvalue weighted by Gasteiger charge is 2.26. The van der Waals surface area contributed by atoms with Gasteiger partial charge in [-0.05, 0) is 11.4 Å². The molecule has 1 aromatic heterocycles. The van der Waals surface area contributed by atoms with E-state index in [9.17, 15) is 19.2 Å². The quantitative estimate of drug-likeness (QED) is 0.657. The van der Waals surface area contributed by atoms with E-state index >= 15 is 0 Å². The molecule has 0 fully saturated rings. The molecule has 136 valence electrons. The maximum Gasteiger partial charge on any atom is 0.326 e. The average Bonchev–Trinajstić information content (AvgIpc) is 3.19. The number of ether oxygens (including phenoxy) is 1. The molecule has 9 heteroatoms. The molecule has 26 heavy (non-hydrogen) atoms. The molecule has 0 saturated carbocycles. The SMILES string of the molecule is CNC(=O)NC(=O)C(OC(=O)CNC(=O)c1cccs1)c1ccccc1. The van der Waals surface area contributed by atoms with Crippen LogP contribution in [0.3, 0.4) is 0 Å². The summed E-state index contributed by atoms with van der Waals surface area (Å²) in [6.45, 7) is -0.409. The van der Waals surface area contributed by atoms with Crippen molar-refractivity contribution in [2.75, 3.05) is 13.6 Å². The van der Waals surface area contributed by atoms with Gasteiger partial charge in [0.25, 0.3) is 11.8 Å². The molecular weight excluding hydrogens is 358 g/mol. The first kappa shape index (κ1) is 19.1. The molecule has 4 amide bonds. The molecule has 0 radical (unpaired) electrons. The smallest absolute Gasteiger partial charge is 0.326 e. The molecule has 2 rings (SSSR count). The van der Waals surface area contributed by atoms with E-state index in [2.05, 4.69) is 16.0 Å². The number of amides is 4. The van der Waals surface area contributed by atoms with Gasteiger partial charge in [-0.3, -0.25) is 19.7 Å². The molecule has 8 nitrogen and oxygen atoms in total. The molecule has 0 bridgehead atoms. The van der Waals surface area contributed by atoms with Crippen molar-refractivity contribution in [2.45, 2.75) is 6.10 Å². The summed E-state index contributed by atoms with van der Waals surface area (Å²) < 4.78 is 5.17. The van der Waals surface area contributed by atoms with Crippen LogP contribution in [0.4, 0.5) is 4.79 Å². The Balaban J connectivity index is 2.01. The molecule has 1 aromatic carbocycles. The monoisotopic (exact) mass is 375 g/mol. The lowest BCUT2D eigenvalue weighted by Gasteiger charge is -2.17. The third-order valence-electron chi connectivity index (χ3n) is 3.19. The van der Waals surface area contributed by atoms with E-state index in [-0.39, 0.29) is 0 Å². The van der Waals surface area contributed by atoms with Crippen LogP contribution < -0.4 is 16.0 Å². The zero-order valence-electron chi connectivity index (χ0n) is 13.9. The van der Waals surface area contributed by atoms with Crippen molar-refractivity contribution in [2.24, 2.45) is 0 Å². The lowest BCUT2D eigenvalue weighted by Crippen LogP contribution is -2.42. The van der Waals surface area contributed by atoms with Gasteiger partial charge >= 0.3 is 12.0 Å². The number of carbonyl (C=O) groups is 4. The standard InChI is InChI=1S/C17H17N3O5S/c1-18-17(24)20-16(23)14(11-6-3-2-4-7-11)25-13(21)10-19-15(22)12-8-5-9-26-12/h2-9,14H,10H2,1H3,(H,19,22)(H2,18,20,23,24). The number of urea groups is 1. The first-order valence-electron chi connectivity index (χ1n) is 7.60. The third kappa shape index (κ3) is 5.42. The molecule has 3 N–H and O–H groups in total. The third-order valence-corrected chi connectivity index (χ3v) is 4.06. The Morgan fingerprint density at radius 2 is 1.81 bits per heavy atom. The van der Waals surface area contributed by atoms with E-state index in [4.69, 9.17) is 4.74 Å². The number of thiophene rings is 1. The minimum atomic E-state index is -1.32. The highest BCUT2D eigenvalue weighted by molar-refractivity contribution is 7.12. The second-order valence-electron chi connectivity index (χ2n) is 5.01. The minimum Gasteiger partial charge on any atom is -0.446 e. The highest BCUT2D eigenvalue weighted by atomic mass is 32.1. The zero-order chi connectivity index (χ0) is 18.9. The molecule has 1 unspecified atom stereocenters. The Kier molecular flexibility index (Phi) is 6.86. The van der Waals surface area contributed by atoms with E-state index in [1.54, 1.807) is 47.8 Å². The van der Waals surface area contributed by atoms with Crippen LogP contribution >= 0.6 is 11.3 Å². The first-order chi connectivity index (χ1) is 12.5. The maximum atomic E-state index is 12.2. The largest absolute Gasteiger partial charge is 0.446 e. The lowest BCUT2D eigenvalue weighted by molar-refractivity contribution is -0.155. The Hall–Kier alpha value is -3.20. The van der Waals surface area contributed by atoms with Crippen LogP contribution in [-0.2, 0) is 14.3 Å². The number of hydrogen-bond acceptors (Lipinski definition) is 6. The van der Waals surface area contributed by atoms with Gasteiger partial charge in [-0.25, -0.2) is 4.79 Å². The summed E-state index contributed by atoms with van der Waals surface area (Å²) in [6.07, 6.45) is -1.32. The molecule has 1 atom stereocenters. The number of imide groups is 1. The number of carbonyl (C=O) groups excluding carboxylic acids is 4. The molecule has 0 aliphatic heterocycles. The minimum absolute atomic E-state index is 0.395. The van der Waals surface area contributed by atoms with Gasteiger partial charge in [0, 0.05) is 12.6 Å². The van der Waals surface area contributed by atoms with Crippen molar-refractivity contribution < 1.29 is 23.9 Å². The van der Waals surface area contributed by atoms with E-state index in [0.717, 1.165) is 0 Å². The summed E-state index contributed by atoms with van der Waals surface area (Å²) in [5, 5.41) is 8.47. The van der Waals surface area contributed by atoms with E-state index < -0.39 is 36.5 Å². The Morgan fingerprint density at radius 1 is 1.08 bits per heavy atom. The fourth-order valence-electron chi connectivity index (χ4n) is 1.96. The van der Waals surface area contributed by atoms with Gasteiger partial charge in [-0.2, -0.15) is 0 Å². The summed E-state index contributed by atoms with van der Waals surface area (Å²) in [6, 6.07) is 10.9. The fourth-order valence-corrected chi connectivity index (χ4v) is 2.60. The molecule has 0 spiro atoms. The van der Waals surface area contributed by atoms with Crippen LogP contribution in [0, 0.1) is 0 Å². The number of esters is 1. The van der Waals surface area contributed by atoms with Crippen LogP contribution in [0.15, 0.2) is 47.8 Å². The number of rotatable bonds is 6. The second kappa shape index (κ2) is 9.33. The molecule has 2 aromatic rings. The van der Waals surface area contributed by atoms with Crippen molar-refractivity contribution in [1.29, 1.82) is 0 Å². The summed E-state index contributed by atoms with van der Waals surface area (Å²) >= 11 is 1.23. The van der Waals surface area contributed by atoms with Crippen LogP contribution in [0.1, 0.15) is 21.3 Å². The van der Waals surface area contributed by atoms with E-state index in [0.29, 0.717) is 10.4 Å². The summed E-state index contributed by atoms with van der Waals surface area (Å²) in [4.78, 5) is 47.9. The van der Waals surface area contributed by atoms with Gasteiger partial charge in [0.1, 0.15) is 6.54 Å². The van der Waals surface area contributed by atoms with Gasteiger partial charge < -0.3 is 15.4 Å². The molecule has 1 heterocycles. The predicted molar refractivity (Wildman–Crippen MR) is 94.5 cm³/mol. The topological polar surface area (TPSA) is 114 Å². The van der Waals surface area contributed by atoms with E-state index in [1.165, 1.54) is 18.4 Å². The molecular formula is C17H17N3O5S. The molecule has 0 aliphatic carbocycles. The zero-order valence-corrected chi connectivity index (χ0v) is 14.7. The number of benzene rings is 1. The van der Waals surface area contributed by atoms with Crippen LogP contribution in [0.25, 0.3) is 0 Å². The summed E-state index contributed by atoms with van der Waals surface area (Å²) in [7, 11) is 1.35. The molecule has 0 aliphatic rings. The lowest BCUT2D eigenvalue weighted by atomic mass is 10.1. The van der Waals surface area contributed by atoms with Crippen LogP contribution in [0.2, 0.25) is 0 Å². The first-order valence-corrected chi connectivity index (χ1v) is 8.48. The van der Waals surface area contributed by atoms with Gasteiger partial charge in [0.2, 0.25) is 6.10 Å². The van der Waals surface area contributed by atoms with E-state index in [1.807, 2.05) is 0 Å². The normalized spacial score (nSPS) is 11.1. The Bertz CT molecular complexity index is 777. The van der Waals surface area contributed by atoms with Crippen LogP contribution in [0.5, 0.6) is 0 Å². The molecule has 0 saturated heterocycles. The van der Waals surface area contributed by atoms with Gasteiger partial charge in [-0.15, -0.1) is 11.3 Å². The summed E-state index contributed by atoms with van der Waals surface area (Å²) in [5.74, 6) is -2.02. The summed E-state index contributed by atoms with van der Waals surface area (Å²) in [5.41, 5.74) is 0.395. The fraction of sp³-hybridized carbons (Fsp3) is 0.176. The van der Waals surface area contributed by atoms with Crippen molar-refractivity contribution in [3.05, 3.63) is 58.3 Å². The van der Waals surface area contributed by atoms with Crippen molar-refractivity contribution in [3.8, 4) is 0 Å². The van der Waals surface area contributed by atoms with Crippen molar-refractivity contribution in [3.63, 3.8) is 0 Å². The van der Waals surface area contributed by atoms with Gasteiger partial charge in [0.05, 0.1) is 4.88 Å². The van der Waals surface area contributed by atoms with Crippen LogP contribution in [-0.4, -0.2) is 37.4 Å². The predicted octanol–water partition coefficient (Wildman–Crippen LogP) is 1.22. The van der Waals surface area contributed by atoms with Gasteiger partial charge in [0.15, 0.2) is 0 Å². The van der Waals surface area contributed by atoms with Gasteiger partial charge in [-0.1, -0.05) is 36.4 Å². The maximum absolute atomic E-state index is 12.2.